The molecule has 4 heteroatoms. The monoisotopic (exact) mass is 208 g/mol. The predicted octanol–water partition coefficient (Wildman–Crippen LogP) is 1.30. The number of ether oxygens (including phenoxy) is 1. The van der Waals surface area contributed by atoms with Gasteiger partial charge in [-0.1, -0.05) is 30.3 Å². The second-order valence-corrected chi connectivity index (χ2v) is 3.16. The van der Waals surface area contributed by atoms with Gasteiger partial charge in [-0.2, -0.15) is 0 Å². The van der Waals surface area contributed by atoms with Crippen molar-refractivity contribution in [3.8, 4) is 0 Å². The van der Waals surface area contributed by atoms with Gasteiger partial charge in [-0.15, -0.1) is 0 Å². The molecule has 0 aliphatic rings. The molecule has 1 unspecified atom stereocenters. The van der Waals surface area contributed by atoms with Crippen LogP contribution in [0.25, 0.3) is 0 Å². The maximum atomic E-state index is 11.1. The van der Waals surface area contributed by atoms with Gasteiger partial charge in [0.05, 0.1) is 13.2 Å². The molecule has 1 atom stereocenters. The van der Waals surface area contributed by atoms with Crippen LogP contribution in [0.15, 0.2) is 30.3 Å². The van der Waals surface area contributed by atoms with E-state index in [2.05, 4.69) is 15.4 Å². The maximum Gasteiger partial charge on any atom is 0.407 e. The van der Waals surface area contributed by atoms with E-state index in [-0.39, 0.29) is 6.04 Å². The average Bonchev–Trinajstić information content (AvgIpc) is 2.29. The summed E-state index contributed by atoms with van der Waals surface area (Å²) >= 11 is 0. The molecule has 0 heterocycles. The highest BCUT2D eigenvalue weighted by Gasteiger charge is 2.12. The lowest BCUT2D eigenvalue weighted by Gasteiger charge is -2.17. The van der Waals surface area contributed by atoms with E-state index in [1.807, 2.05) is 37.4 Å². The van der Waals surface area contributed by atoms with Crippen LogP contribution in [0.4, 0.5) is 4.79 Å². The number of nitrogens with one attached hydrogen (secondary N) is 2. The summed E-state index contributed by atoms with van der Waals surface area (Å²) in [5, 5.41) is 5.79. The van der Waals surface area contributed by atoms with E-state index in [1.165, 1.54) is 7.11 Å². The van der Waals surface area contributed by atoms with Gasteiger partial charge in [-0.05, 0) is 12.6 Å². The lowest BCUT2D eigenvalue weighted by molar-refractivity contribution is 0.166. The minimum absolute atomic E-state index is 0.0661. The van der Waals surface area contributed by atoms with Gasteiger partial charge >= 0.3 is 6.09 Å². The number of rotatable bonds is 4. The number of alkyl carbamates (subject to hydrolysis) is 1. The summed E-state index contributed by atoms with van der Waals surface area (Å²) in [4.78, 5) is 11.1. The van der Waals surface area contributed by atoms with Gasteiger partial charge in [0.2, 0.25) is 0 Å². The molecule has 1 amide bonds. The third-order valence-electron chi connectivity index (χ3n) is 2.09. The molecule has 4 nitrogen and oxygen atoms in total. The highest BCUT2D eigenvalue weighted by Crippen LogP contribution is 2.11. The Labute approximate surface area is 89.6 Å². The molecule has 2 N–H and O–H groups in total. The number of hydrogen-bond acceptors (Lipinski definition) is 3. The zero-order chi connectivity index (χ0) is 11.1. The molecule has 0 radical (unpaired) electrons. The Morgan fingerprint density at radius 3 is 2.60 bits per heavy atom. The van der Waals surface area contributed by atoms with Crippen LogP contribution in [-0.4, -0.2) is 26.8 Å². The maximum absolute atomic E-state index is 11.1. The minimum atomic E-state index is -0.417. The first-order valence-electron chi connectivity index (χ1n) is 4.82. The summed E-state index contributed by atoms with van der Waals surface area (Å²) in [6, 6.07) is 9.70. The topological polar surface area (TPSA) is 50.4 Å². The summed E-state index contributed by atoms with van der Waals surface area (Å²) in [7, 11) is 3.20. The van der Waals surface area contributed by atoms with E-state index in [4.69, 9.17) is 0 Å². The quantitative estimate of drug-likeness (QED) is 0.784. The number of amides is 1. The van der Waals surface area contributed by atoms with Crippen LogP contribution in [0.3, 0.4) is 0 Å². The third kappa shape index (κ3) is 3.59. The molecule has 0 saturated carbocycles. The van der Waals surface area contributed by atoms with Gasteiger partial charge in [-0.25, -0.2) is 4.79 Å². The molecule has 0 aliphatic carbocycles. The Bertz CT molecular complexity index is 301. The van der Waals surface area contributed by atoms with E-state index in [0.717, 1.165) is 5.56 Å². The van der Waals surface area contributed by atoms with Crippen molar-refractivity contribution in [1.82, 2.24) is 10.6 Å². The number of hydrogen-bond donors (Lipinski definition) is 2. The third-order valence-corrected chi connectivity index (χ3v) is 2.09. The Hall–Kier alpha value is -1.55. The number of benzene rings is 1. The highest BCUT2D eigenvalue weighted by molar-refractivity contribution is 5.67. The number of carbonyl (C=O) groups excluding carboxylic acids is 1. The molecule has 0 aromatic heterocycles. The van der Waals surface area contributed by atoms with E-state index < -0.39 is 6.09 Å². The van der Waals surface area contributed by atoms with E-state index in [1.54, 1.807) is 0 Å². The number of carbonyl (C=O) groups is 1. The fourth-order valence-corrected chi connectivity index (χ4v) is 1.34. The lowest BCUT2D eigenvalue weighted by atomic mass is 10.1. The molecule has 0 saturated heterocycles. The molecule has 0 fully saturated rings. The van der Waals surface area contributed by atoms with Crippen LogP contribution in [-0.2, 0) is 4.74 Å². The molecule has 82 valence electrons. The molecule has 1 aromatic carbocycles. The number of methoxy groups -OCH3 is 1. The van der Waals surface area contributed by atoms with Crippen molar-refractivity contribution in [1.29, 1.82) is 0 Å². The van der Waals surface area contributed by atoms with Crippen LogP contribution in [0.5, 0.6) is 0 Å². The second kappa shape index (κ2) is 6.03. The zero-order valence-electron chi connectivity index (χ0n) is 8.99. The fraction of sp³-hybridized carbons (Fsp3) is 0.364. The first-order valence-corrected chi connectivity index (χ1v) is 4.82. The second-order valence-electron chi connectivity index (χ2n) is 3.16. The first kappa shape index (κ1) is 11.5. The van der Waals surface area contributed by atoms with Crippen molar-refractivity contribution in [2.45, 2.75) is 6.04 Å². The molecule has 0 aliphatic heterocycles. The Balaban J connectivity index is 2.70. The largest absolute Gasteiger partial charge is 0.453 e. The van der Waals surface area contributed by atoms with Crippen molar-refractivity contribution in [3.63, 3.8) is 0 Å². The molecule has 15 heavy (non-hydrogen) atoms. The minimum Gasteiger partial charge on any atom is -0.453 e. The smallest absolute Gasteiger partial charge is 0.407 e. The van der Waals surface area contributed by atoms with Crippen molar-refractivity contribution < 1.29 is 9.53 Å². The van der Waals surface area contributed by atoms with Crippen molar-refractivity contribution in [2.24, 2.45) is 0 Å². The standard InChI is InChI=1S/C11H16N2O2/c1-12-8-10(13-11(14)15-2)9-6-4-3-5-7-9/h3-7,10,12H,8H2,1-2H3,(H,13,14). The normalized spacial score (nSPS) is 11.9. The molecule has 1 aromatic rings. The fourth-order valence-electron chi connectivity index (χ4n) is 1.34. The van der Waals surface area contributed by atoms with Gasteiger partial charge in [0, 0.05) is 6.54 Å². The van der Waals surface area contributed by atoms with Crippen molar-refractivity contribution in [3.05, 3.63) is 35.9 Å². The van der Waals surface area contributed by atoms with Crippen LogP contribution < -0.4 is 10.6 Å². The number of likely N-dealkylation sites (N-methyl/N-ethyl adjacent to an activating group) is 1. The SMILES string of the molecule is CNCC(NC(=O)OC)c1ccccc1. The summed E-state index contributed by atoms with van der Waals surface area (Å²) < 4.78 is 4.57. The van der Waals surface area contributed by atoms with Gasteiger partial charge < -0.3 is 15.4 Å². The molecular weight excluding hydrogens is 192 g/mol. The summed E-state index contributed by atoms with van der Waals surface area (Å²) in [5.41, 5.74) is 1.05. The summed E-state index contributed by atoms with van der Waals surface area (Å²) in [6.07, 6.45) is -0.417. The van der Waals surface area contributed by atoms with Gasteiger partial charge in [0.15, 0.2) is 0 Å². The van der Waals surface area contributed by atoms with Crippen LogP contribution in [0.2, 0.25) is 0 Å². The van der Waals surface area contributed by atoms with E-state index in [9.17, 15) is 4.79 Å². The average molecular weight is 208 g/mol. The van der Waals surface area contributed by atoms with E-state index in [0.29, 0.717) is 6.54 Å². The van der Waals surface area contributed by atoms with E-state index >= 15 is 0 Å². The first-order chi connectivity index (χ1) is 7.27. The van der Waals surface area contributed by atoms with Crippen molar-refractivity contribution >= 4 is 6.09 Å². The van der Waals surface area contributed by atoms with Gasteiger partial charge in [0.1, 0.15) is 0 Å². The highest BCUT2D eigenvalue weighted by atomic mass is 16.5. The van der Waals surface area contributed by atoms with Gasteiger partial charge in [0.25, 0.3) is 0 Å². The predicted molar refractivity (Wildman–Crippen MR) is 58.7 cm³/mol. The molecule has 0 bridgehead atoms. The lowest BCUT2D eigenvalue weighted by Crippen LogP contribution is -2.34. The Morgan fingerprint density at radius 1 is 1.40 bits per heavy atom. The van der Waals surface area contributed by atoms with Crippen LogP contribution >= 0.6 is 0 Å². The van der Waals surface area contributed by atoms with Crippen LogP contribution in [0, 0.1) is 0 Å². The Morgan fingerprint density at radius 2 is 2.07 bits per heavy atom. The molecule has 0 spiro atoms. The summed E-state index contributed by atoms with van der Waals surface area (Å²) in [5.74, 6) is 0. The van der Waals surface area contributed by atoms with Crippen molar-refractivity contribution in [2.75, 3.05) is 20.7 Å². The molecule has 1 rings (SSSR count). The Kier molecular flexibility index (Phi) is 4.63. The van der Waals surface area contributed by atoms with Crippen LogP contribution in [0.1, 0.15) is 11.6 Å². The molecular formula is C11H16N2O2. The summed E-state index contributed by atoms with van der Waals surface area (Å²) in [6.45, 7) is 0.666. The zero-order valence-corrected chi connectivity index (χ0v) is 8.99. The van der Waals surface area contributed by atoms with Gasteiger partial charge in [-0.3, -0.25) is 0 Å².